The third-order valence-corrected chi connectivity index (χ3v) is 3.20. The Bertz CT molecular complexity index is 552. The number of rotatable bonds is 3. The first-order valence-corrected chi connectivity index (χ1v) is 6.15. The smallest absolute Gasteiger partial charge is 0.248 e. The number of allylic oxidation sites excluding steroid dienone is 1. The minimum Gasteiger partial charge on any atom is -0.497 e. The molecule has 0 aromatic heterocycles. The number of hydrogen-bond acceptors (Lipinski definition) is 3. The summed E-state index contributed by atoms with van der Waals surface area (Å²) in [6, 6.07) is 7.07. The van der Waals surface area contributed by atoms with Crippen molar-refractivity contribution in [1.29, 1.82) is 0 Å². The monoisotopic (exact) mass is 277 g/mol. The van der Waals surface area contributed by atoms with Crippen LogP contribution in [-0.2, 0) is 4.79 Å². The number of amides is 1. The van der Waals surface area contributed by atoms with Crippen molar-refractivity contribution in [2.75, 3.05) is 7.11 Å². The summed E-state index contributed by atoms with van der Waals surface area (Å²) in [5.41, 5.74) is 7.51. The highest BCUT2D eigenvalue weighted by molar-refractivity contribution is 7.80. The molecule has 1 amide bonds. The molecule has 1 aliphatic heterocycles. The summed E-state index contributed by atoms with van der Waals surface area (Å²) in [6.07, 6.45) is 0. The highest BCUT2D eigenvalue weighted by Gasteiger charge is 2.28. The van der Waals surface area contributed by atoms with Crippen molar-refractivity contribution in [3.8, 4) is 5.75 Å². The number of carbonyl (C=O) groups is 1. The van der Waals surface area contributed by atoms with Gasteiger partial charge in [0.2, 0.25) is 5.91 Å². The Morgan fingerprint density at radius 3 is 2.53 bits per heavy atom. The summed E-state index contributed by atoms with van der Waals surface area (Å²) in [5, 5.41) is 6.44. The molecule has 6 heteroatoms. The van der Waals surface area contributed by atoms with E-state index in [2.05, 4.69) is 10.6 Å². The lowest BCUT2D eigenvalue weighted by atomic mass is 9.95. The fraction of sp³-hybridized carbons (Fsp3) is 0.231. The highest BCUT2D eigenvalue weighted by atomic mass is 32.1. The van der Waals surface area contributed by atoms with Crippen molar-refractivity contribution in [2.24, 2.45) is 5.73 Å². The van der Waals surface area contributed by atoms with Crippen molar-refractivity contribution < 1.29 is 9.53 Å². The fourth-order valence-electron chi connectivity index (χ4n) is 2.07. The molecule has 4 N–H and O–H groups in total. The summed E-state index contributed by atoms with van der Waals surface area (Å²) < 4.78 is 5.11. The van der Waals surface area contributed by atoms with Gasteiger partial charge in [0.15, 0.2) is 5.11 Å². The van der Waals surface area contributed by atoms with E-state index in [1.54, 1.807) is 14.0 Å². The highest BCUT2D eigenvalue weighted by Crippen LogP contribution is 2.27. The van der Waals surface area contributed by atoms with Gasteiger partial charge in [-0.15, -0.1) is 0 Å². The Morgan fingerprint density at radius 1 is 1.37 bits per heavy atom. The lowest BCUT2D eigenvalue weighted by molar-refractivity contribution is -0.115. The standard InChI is InChI=1S/C13H15N3O2S/c1-7-10(12(14)17)11(16-13(19)15-7)8-3-5-9(18-2)6-4-8/h3-6,11H,1-2H3,(H2,14,17)(H2,15,16,19). The number of primary amides is 1. The summed E-state index contributed by atoms with van der Waals surface area (Å²) in [7, 11) is 1.60. The van der Waals surface area contributed by atoms with E-state index in [1.807, 2.05) is 24.3 Å². The second-order valence-corrected chi connectivity index (χ2v) is 4.62. The van der Waals surface area contributed by atoms with Crippen molar-refractivity contribution in [3.63, 3.8) is 0 Å². The summed E-state index contributed by atoms with van der Waals surface area (Å²) in [5.74, 6) is 0.280. The van der Waals surface area contributed by atoms with E-state index < -0.39 is 5.91 Å². The first-order chi connectivity index (χ1) is 9.02. The SMILES string of the molecule is COc1ccc(C2NC(=S)NC(C)=C2C(N)=O)cc1. The van der Waals surface area contributed by atoms with Crippen LogP contribution in [0.5, 0.6) is 5.75 Å². The van der Waals surface area contributed by atoms with E-state index in [1.165, 1.54) is 0 Å². The van der Waals surface area contributed by atoms with Crippen molar-refractivity contribution in [1.82, 2.24) is 10.6 Å². The molecule has 1 unspecified atom stereocenters. The molecule has 0 spiro atoms. The zero-order valence-electron chi connectivity index (χ0n) is 10.7. The molecular weight excluding hydrogens is 262 g/mol. The van der Waals surface area contributed by atoms with Crippen LogP contribution >= 0.6 is 12.2 Å². The summed E-state index contributed by atoms with van der Waals surface area (Å²) in [6.45, 7) is 1.78. The van der Waals surface area contributed by atoms with E-state index in [9.17, 15) is 4.79 Å². The molecule has 0 bridgehead atoms. The molecule has 1 heterocycles. The van der Waals surface area contributed by atoms with Crippen LogP contribution in [0.2, 0.25) is 0 Å². The van der Waals surface area contributed by atoms with Gasteiger partial charge in [-0.3, -0.25) is 4.79 Å². The molecule has 0 radical (unpaired) electrons. The van der Waals surface area contributed by atoms with Gasteiger partial charge in [0.05, 0.1) is 18.7 Å². The molecule has 2 rings (SSSR count). The maximum Gasteiger partial charge on any atom is 0.248 e. The summed E-state index contributed by atoms with van der Waals surface area (Å²) >= 11 is 5.11. The molecule has 5 nitrogen and oxygen atoms in total. The minimum atomic E-state index is -0.471. The Kier molecular flexibility index (Phi) is 3.71. The van der Waals surface area contributed by atoms with E-state index in [4.69, 9.17) is 22.7 Å². The quantitative estimate of drug-likeness (QED) is 0.718. The van der Waals surface area contributed by atoms with Crippen LogP contribution in [0.3, 0.4) is 0 Å². The third kappa shape index (κ3) is 2.68. The number of hydrogen-bond donors (Lipinski definition) is 3. The van der Waals surface area contributed by atoms with Crippen LogP contribution in [-0.4, -0.2) is 18.1 Å². The van der Waals surface area contributed by atoms with Crippen LogP contribution < -0.4 is 21.1 Å². The molecule has 1 aromatic carbocycles. The van der Waals surface area contributed by atoms with Gasteiger partial charge in [-0.1, -0.05) is 12.1 Å². The lowest BCUT2D eigenvalue weighted by Crippen LogP contribution is -2.46. The van der Waals surface area contributed by atoms with Gasteiger partial charge in [0.25, 0.3) is 0 Å². The molecule has 0 aliphatic carbocycles. The summed E-state index contributed by atoms with van der Waals surface area (Å²) in [4.78, 5) is 11.6. The zero-order chi connectivity index (χ0) is 14.0. The van der Waals surface area contributed by atoms with Crippen molar-refractivity contribution in [2.45, 2.75) is 13.0 Å². The first-order valence-electron chi connectivity index (χ1n) is 5.75. The maximum atomic E-state index is 11.6. The predicted molar refractivity (Wildman–Crippen MR) is 76.5 cm³/mol. The average Bonchev–Trinajstić information content (AvgIpc) is 2.37. The van der Waals surface area contributed by atoms with Gasteiger partial charge >= 0.3 is 0 Å². The molecule has 0 saturated carbocycles. The van der Waals surface area contributed by atoms with Gasteiger partial charge in [-0.25, -0.2) is 0 Å². The van der Waals surface area contributed by atoms with Crippen LogP contribution in [0.4, 0.5) is 0 Å². The molecule has 0 saturated heterocycles. The Labute approximate surface area is 116 Å². The predicted octanol–water partition coefficient (Wildman–Crippen LogP) is 0.973. The first kappa shape index (κ1) is 13.4. The van der Waals surface area contributed by atoms with Crippen LogP contribution in [0.25, 0.3) is 0 Å². The Hall–Kier alpha value is -2.08. The van der Waals surface area contributed by atoms with Crippen LogP contribution in [0.1, 0.15) is 18.5 Å². The third-order valence-electron chi connectivity index (χ3n) is 2.98. The molecule has 0 fully saturated rings. The number of thiocarbonyl (C=S) groups is 1. The van der Waals surface area contributed by atoms with E-state index >= 15 is 0 Å². The van der Waals surface area contributed by atoms with Gasteiger partial charge in [0, 0.05) is 5.70 Å². The maximum absolute atomic E-state index is 11.6. The molecule has 19 heavy (non-hydrogen) atoms. The number of nitrogens with two attached hydrogens (primary N) is 1. The van der Waals surface area contributed by atoms with E-state index in [0.29, 0.717) is 16.4 Å². The zero-order valence-corrected chi connectivity index (χ0v) is 11.5. The Morgan fingerprint density at radius 2 is 2.00 bits per heavy atom. The van der Waals surface area contributed by atoms with Gasteiger partial charge < -0.3 is 21.1 Å². The van der Waals surface area contributed by atoms with Gasteiger partial charge in [-0.2, -0.15) is 0 Å². The number of methoxy groups -OCH3 is 1. The average molecular weight is 277 g/mol. The second-order valence-electron chi connectivity index (χ2n) is 4.21. The lowest BCUT2D eigenvalue weighted by Gasteiger charge is -2.29. The second kappa shape index (κ2) is 5.27. The largest absolute Gasteiger partial charge is 0.497 e. The van der Waals surface area contributed by atoms with Crippen molar-refractivity contribution in [3.05, 3.63) is 41.1 Å². The van der Waals surface area contributed by atoms with Crippen LogP contribution in [0, 0.1) is 0 Å². The molecule has 1 aliphatic rings. The molecule has 1 atom stereocenters. The van der Waals surface area contributed by atoms with Gasteiger partial charge in [0.1, 0.15) is 5.75 Å². The van der Waals surface area contributed by atoms with Crippen LogP contribution in [0.15, 0.2) is 35.5 Å². The van der Waals surface area contributed by atoms with E-state index in [-0.39, 0.29) is 6.04 Å². The Balaban J connectivity index is 2.42. The number of carbonyl (C=O) groups excluding carboxylic acids is 1. The van der Waals surface area contributed by atoms with E-state index in [0.717, 1.165) is 11.3 Å². The number of ether oxygens (including phenoxy) is 1. The topological polar surface area (TPSA) is 76.4 Å². The number of benzene rings is 1. The normalized spacial score (nSPS) is 18.6. The fourth-order valence-corrected chi connectivity index (χ4v) is 2.34. The molecule has 100 valence electrons. The number of nitrogens with one attached hydrogen (secondary N) is 2. The minimum absolute atomic E-state index is 0.336. The molecule has 1 aromatic rings. The molecular formula is C13H15N3O2S. The van der Waals surface area contributed by atoms with Gasteiger partial charge in [-0.05, 0) is 36.8 Å². The van der Waals surface area contributed by atoms with Crippen molar-refractivity contribution >= 4 is 23.2 Å².